The molecule has 5 nitrogen and oxygen atoms in total. The molecule has 0 aliphatic heterocycles. The lowest BCUT2D eigenvalue weighted by Crippen LogP contribution is -2.02. The van der Waals surface area contributed by atoms with Gasteiger partial charge in [-0.2, -0.15) is 4.98 Å². The van der Waals surface area contributed by atoms with Crippen molar-refractivity contribution < 1.29 is 9.32 Å². The third kappa shape index (κ3) is 3.71. The molecule has 116 valence electrons. The van der Waals surface area contributed by atoms with Crippen molar-refractivity contribution in [2.75, 3.05) is 0 Å². The van der Waals surface area contributed by atoms with E-state index in [1.165, 1.54) is 13.3 Å². The molecule has 0 spiro atoms. The Labute approximate surface area is 134 Å². The van der Waals surface area contributed by atoms with Crippen LogP contribution in [0.3, 0.4) is 0 Å². The van der Waals surface area contributed by atoms with E-state index < -0.39 is 0 Å². The first-order valence-corrected chi connectivity index (χ1v) is 6.97. The van der Waals surface area contributed by atoms with E-state index in [1.807, 2.05) is 36.4 Å². The second-order valence-electron chi connectivity index (χ2n) is 4.56. The molecule has 0 unspecified atom stereocenters. The molecule has 0 fully saturated rings. The van der Waals surface area contributed by atoms with Gasteiger partial charge in [0.25, 0.3) is 0 Å². The fraction of sp³-hybridized carbons (Fsp3) is 0.0556. The highest BCUT2D eigenvalue weighted by Gasteiger charge is 2.14. The molecule has 0 bridgehead atoms. The maximum atomic E-state index is 11.5. The zero-order valence-electron chi connectivity index (χ0n) is 12.8. The van der Waals surface area contributed by atoms with Crippen LogP contribution in [0.4, 0.5) is 0 Å². The van der Waals surface area contributed by atoms with E-state index in [0.29, 0.717) is 5.82 Å². The first kappa shape index (κ1) is 16.2. The Balaban J connectivity index is 0.000000277. The van der Waals surface area contributed by atoms with Crippen LogP contribution in [0.15, 0.2) is 78.8 Å². The summed E-state index contributed by atoms with van der Waals surface area (Å²) in [7, 11) is 0. The number of fused-ring (bicyclic) bond motifs is 1. The van der Waals surface area contributed by atoms with Crippen molar-refractivity contribution in [3.8, 4) is 11.4 Å². The van der Waals surface area contributed by atoms with Gasteiger partial charge in [0, 0.05) is 24.1 Å². The summed E-state index contributed by atoms with van der Waals surface area (Å²) in [5.74, 6) is 0.442. The van der Waals surface area contributed by atoms with Crippen molar-refractivity contribution >= 4 is 16.8 Å². The standard InChI is InChI=1S/C12H9N3O2.C6H8/c1-8(16)15-6-10(12-13-7-17-14-12)9-4-2-3-5-11(9)15;1-3-5-6-4-2/h2-7H,1H3;3-6H,1-2H2/b;6-5-. The summed E-state index contributed by atoms with van der Waals surface area (Å²) in [4.78, 5) is 15.5. The van der Waals surface area contributed by atoms with Crippen molar-refractivity contribution in [1.82, 2.24) is 14.7 Å². The van der Waals surface area contributed by atoms with Crippen LogP contribution in [0.5, 0.6) is 0 Å². The summed E-state index contributed by atoms with van der Waals surface area (Å²) in [6.07, 6.45) is 10.1. The number of hydrogen-bond acceptors (Lipinski definition) is 4. The largest absolute Gasteiger partial charge is 0.342 e. The minimum absolute atomic E-state index is 0.0454. The SMILES string of the molecule is C=C/C=C\C=C.CC(=O)n1cc(-c2ncon2)c2ccccc21. The van der Waals surface area contributed by atoms with Gasteiger partial charge in [0.1, 0.15) is 0 Å². The van der Waals surface area contributed by atoms with Gasteiger partial charge in [0.2, 0.25) is 18.1 Å². The highest BCUT2D eigenvalue weighted by atomic mass is 16.5. The second kappa shape index (κ2) is 7.70. The van der Waals surface area contributed by atoms with Crippen LogP contribution in [0.2, 0.25) is 0 Å². The third-order valence-corrected chi connectivity index (χ3v) is 3.04. The van der Waals surface area contributed by atoms with Crippen molar-refractivity contribution in [3.63, 3.8) is 0 Å². The molecule has 1 aromatic carbocycles. The predicted molar refractivity (Wildman–Crippen MR) is 91.1 cm³/mol. The van der Waals surface area contributed by atoms with Gasteiger partial charge in [-0.25, -0.2) is 0 Å². The zero-order valence-corrected chi connectivity index (χ0v) is 12.8. The second-order valence-corrected chi connectivity index (χ2v) is 4.56. The Bertz CT molecular complexity index is 832. The van der Waals surface area contributed by atoms with Crippen LogP contribution < -0.4 is 0 Å². The fourth-order valence-electron chi connectivity index (χ4n) is 2.06. The summed E-state index contributed by atoms with van der Waals surface area (Å²) < 4.78 is 6.32. The maximum absolute atomic E-state index is 11.5. The maximum Gasteiger partial charge on any atom is 0.227 e. The summed E-state index contributed by atoms with van der Waals surface area (Å²) in [6, 6.07) is 7.62. The minimum atomic E-state index is -0.0454. The third-order valence-electron chi connectivity index (χ3n) is 3.04. The van der Waals surface area contributed by atoms with Crippen LogP contribution in [0.1, 0.15) is 11.7 Å². The quantitative estimate of drug-likeness (QED) is 0.678. The molecule has 0 radical (unpaired) electrons. The molecule has 3 aromatic rings. The van der Waals surface area contributed by atoms with Crippen LogP contribution in [0.25, 0.3) is 22.3 Å². The van der Waals surface area contributed by atoms with Crippen LogP contribution in [-0.2, 0) is 0 Å². The molecule has 0 amide bonds. The molecule has 0 aliphatic rings. The molecule has 0 saturated carbocycles. The number of allylic oxidation sites excluding steroid dienone is 4. The van der Waals surface area contributed by atoms with Gasteiger partial charge in [0.05, 0.1) is 5.52 Å². The van der Waals surface area contributed by atoms with E-state index >= 15 is 0 Å². The number of para-hydroxylation sites is 1. The molecular formula is C18H17N3O2. The van der Waals surface area contributed by atoms with E-state index in [0.717, 1.165) is 16.5 Å². The highest BCUT2D eigenvalue weighted by Crippen LogP contribution is 2.28. The normalized spacial score (nSPS) is 10.3. The number of hydrogen-bond donors (Lipinski definition) is 0. The molecule has 0 atom stereocenters. The monoisotopic (exact) mass is 307 g/mol. The van der Waals surface area contributed by atoms with Gasteiger partial charge in [-0.05, 0) is 6.07 Å². The Morgan fingerprint density at radius 1 is 1.22 bits per heavy atom. The van der Waals surface area contributed by atoms with E-state index in [4.69, 9.17) is 4.52 Å². The Morgan fingerprint density at radius 3 is 2.48 bits per heavy atom. The summed E-state index contributed by atoms with van der Waals surface area (Å²) >= 11 is 0. The van der Waals surface area contributed by atoms with Gasteiger partial charge in [-0.1, -0.05) is 60.8 Å². The first-order valence-electron chi connectivity index (χ1n) is 6.97. The average molecular weight is 307 g/mol. The first-order chi connectivity index (χ1) is 11.2. The van der Waals surface area contributed by atoms with E-state index in [1.54, 1.807) is 22.9 Å². The average Bonchev–Trinajstić information content (AvgIpc) is 3.20. The van der Waals surface area contributed by atoms with Crippen molar-refractivity contribution in [2.45, 2.75) is 6.92 Å². The van der Waals surface area contributed by atoms with Gasteiger partial charge < -0.3 is 4.52 Å². The summed E-state index contributed by atoms with van der Waals surface area (Å²) in [5.41, 5.74) is 1.64. The Morgan fingerprint density at radius 2 is 1.91 bits per heavy atom. The molecule has 0 N–H and O–H groups in total. The molecule has 3 rings (SSSR count). The molecule has 23 heavy (non-hydrogen) atoms. The number of benzene rings is 1. The molecule has 5 heteroatoms. The number of rotatable bonds is 3. The van der Waals surface area contributed by atoms with Crippen molar-refractivity contribution in [2.24, 2.45) is 0 Å². The van der Waals surface area contributed by atoms with Gasteiger partial charge in [-0.15, -0.1) is 0 Å². The minimum Gasteiger partial charge on any atom is -0.342 e. The van der Waals surface area contributed by atoms with E-state index in [2.05, 4.69) is 23.3 Å². The van der Waals surface area contributed by atoms with E-state index in [-0.39, 0.29) is 5.91 Å². The summed E-state index contributed by atoms with van der Waals surface area (Å²) in [6.45, 7) is 8.45. The molecule has 0 saturated heterocycles. The number of nitrogens with zero attached hydrogens (tertiary/aromatic N) is 3. The van der Waals surface area contributed by atoms with Crippen LogP contribution >= 0.6 is 0 Å². The molecule has 0 aliphatic carbocycles. The molecular weight excluding hydrogens is 290 g/mol. The van der Waals surface area contributed by atoms with Crippen LogP contribution in [-0.4, -0.2) is 20.6 Å². The van der Waals surface area contributed by atoms with Gasteiger partial charge in [0.15, 0.2) is 0 Å². The molecule has 2 aromatic heterocycles. The smallest absolute Gasteiger partial charge is 0.227 e. The summed E-state index contributed by atoms with van der Waals surface area (Å²) in [5, 5.41) is 4.73. The lowest BCUT2D eigenvalue weighted by atomic mass is 10.2. The fourth-order valence-corrected chi connectivity index (χ4v) is 2.06. The molecule has 2 heterocycles. The van der Waals surface area contributed by atoms with Crippen LogP contribution in [0, 0.1) is 0 Å². The van der Waals surface area contributed by atoms with Gasteiger partial charge in [-0.3, -0.25) is 9.36 Å². The van der Waals surface area contributed by atoms with Crippen molar-refractivity contribution in [3.05, 3.63) is 74.3 Å². The van der Waals surface area contributed by atoms with E-state index in [9.17, 15) is 4.79 Å². The predicted octanol–water partition coefficient (Wildman–Crippen LogP) is 4.27. The highest BCUT2D eigenvalue weighted by molar-refractivity contribution is 6.00. The Hall–Kier alpha value is -3.21. The number of aromatic nitrogens is 3. The van der Waals surface area contributed by atoms with Gasteiger partial charge >= 0.3 is 0 Å². The Kier molecular flexibility index (Phi) is 5.41. The van der Waals surface area contributed by atoms with Crippen molar-refractivity contribution in [1.29, 1.82) is 0 Å². The number of carbonyl (C=O) groups is 1. The zero-order chi connectivity index (χ0) is 16.7. The number of carbonyl (C=O) groups excluding carboxylic acids is 1. The lowest BCUT2D eigenvalue weighted by molar-refractivity contribution is 0.0942. The topological polar surface area (TPSA) is 60.9 Å². The lowest BCUT2D eigenvalue weighted by Gasteiger charge is -1.96.